The van der Waals surface area contributed by atoms with Crippen molar-refractivity contribution < 1.29 is 38.3 Å². The minimum atomic E-state index is -0.976. The van der Waals surface area contributed by atoms with Crippen molar-refractivity contribution in [2.45, 2.75) is 107 Å². The molecule has 14 nitrogen and oxygen atoms in total. The average Bonchev–Trinajstić information content (AvgIpc) is 3.32. The van der Waals surface area contributed by atoms with E-state index < -0.39 is 23.9 Å². The van der Waals surface area contributed by atoms with Crippen LogP contribution >= 0.6 is 0 Å². The number of unbranched alkanes of at least 4 members (excludes halogenated alkanes) is 2. The summed E-state index contributed by atoms with van der Waals surface area (Å²) in [5.74, 6) is -2.64. The van der Waals surface area contributed by atoms with Gasteiger partial charge in [-0.2, -0.15) is 0 Å². The third kappa shape index (κ3) is 12.8. The van der Waals surface area contributed by atoms with Crippen LogP contribution in [0.2, 0.25) is 0 Å². The first kappa shape index (κ1) is 42.9. The molecule has 2 aliphatic heterocycles. The van der Waals surface area contributed by atoms with Gasteiger partial charge in [0.1, 0.15) is 6.61 Å². The number of Topliss-reactive ketones (excluding diaryl/α,β-unsaturated/α-hetero) is 1. The predicted molar refractivity (Wildman–Crippen MR) is 200 cm³/mol. The van der Waals surface area contributed by atoms with E-state index in [1.54, 1.807) is 43.0 Å². The molecule has 53 heavy (non-hydrogen) atoms. The fourth-order valence-corrected chi connectivity index (χ4v) is 6.38. The number of primary amides is 1. The Morgan fingerprint density at radius 3 is 2.11 bits per heavy atom. The molecule has 0 saturated carbocycles. The van der Waals surface area contributed by atoms with Gasteiger partial charge in [-0.3, -0.25) is 28.9 Å². The third-order valence-corrected chi connectivity index (χ3v) is 10.2. The summed E-state index contributed by atoms with van der Waals surface area (Å²) in [6.45, 7) is 17.4. The fraction of sp³-hybridized carbons (Fsp3) is 0.667. The van der Waals surface area contributed by atoms with E-state index in [4.69, 9.17) is 10.5 Å². The zero-order valence-corrected chi connectivity index (χ0v) is 32.7. The number of anilines is 1. The molecule has 5 N–H and O–H groups in total. The van der Waals surface area contributed by atoms with E-state index in [0.717, 1.165) is 5.56 Å². The lowest BCUT2D eigenvalue weighted by molar-refractivity contribution is -0.140. The number of imide groups is 1. The van der Waals surface area contributed by atoms with E-state index in [9.17, 15) is 33.6 Å². The number of ether oxygens (including phenoxy) is 1. The summed E-state index contributed by atoms with van der Waals surface area (Å²) >= 11 is 0. The number of amides is 7. The number of carbonyl (C=O) groups excluding carboxylic acids is 7. The molecule has 2 saturated heterocycles. The predicted octanol–water partition coefficient (Wildman–Crippen LogP) is 4.61. The summed E-state index contributed by atoms with van der Waals surface area (Å²) < 4.78 is 5.45. The molecule has 0 bridgehead atoms. The number of ketones is 1. The maximum Gasteiger partial charge on any atom is 0.410 e. The molecule has 7 amide bonds. The van der Waals surface area contributed by atoms with Crippen LogP contribution in [0.5, 0.6) is 0 Å². The molecule has 14 heteroatoms. The molecule has 3 rings (SSSR count). The van der Waals surface area contributed by atoms with Crippen molar-refractivity contribution in [3.63, 3.8) is 0 Å². The van der Waals surface area contributed by atoms with Crippen molar-refractivity contribution >= 4 is 47.2 Å². The van der Waals surface area contributed by atoms with E-state index >= 15 is 0 Å². The summed E-state index contributed by atoms with van der Waals surface area (Å²) in [4.78, 5) is 91.7. The molecule has 0 aromatic heterocycles. The molecular weight excluding hydrogens is 680 g/mol. The maximum absolute atomic E-state index is 13.5. The van der Waals surface area contributed by atoms with E-state index in [-0.39, 0.29) is 84.7 Å². The minimum absolute atomic E-state index is 0.0738. The fourth-order valence-electron chi connectivity index (χ4n) is 6.38. The smallest absolute Gasteiger partial charge is 0.410 e. The van der Waals surface area contributed by atoms with E-state index in [2.05, 4.69) is 36.7 Å². The molecular formula is C39H60N6O8. The highest BCUT2D eigenvalue weighted by atomic mass is 16.6. The molecule has 0 aliphatic carbocycles. The van der Waals surface area contributed by atoms with Crippen LogP contribution in [0.1, 0.15) is 99.5 Å². The number of nitrogens with two attached hydrogens (primary N) is 1. The van der Waals surface area contributed by atoms with Gasteiger partial charge in [0, 0.05) is 51.1 Å². The first-order valence-electron chi connectivity index (χ1n) is 18.7. The van der Waals surface area contributed by atoms with Gasteiger partial charge < -0.3 is 31.3 Å². The summed E-state index contributed by atoms with van der Waals surface area (Å²) in [5, 5.41) is 7.98. The molecule has 2 aliphatic rings. The molecule has 1 aromatic rings. The highest BCUT2D eigenvalue weighted by molar-refractivity contribution is 6.04. The highest BCUT2D eigenvalue weighted by Crippen LogP contribution is 2.36. The van der Waals surface area contributed by atoms with Crippen LogP contribution < -0.4 is 21.7 Å². The van der Waals surface area contributed by atoms with Gasteiger partial charge in [-0.1, -0.05) is 73.9 Å². The van der Waals surface area contributed by atoms with Crippen LogP contribution in [0.4, 0.5) is 15.3 Å². The van der Waals surface area contributed by atoms with Gasteiger partial charge in [-0.15, -0.1) is 0 Å². The lowest BCUT2D eigenvalue weighted by Gasteiger charge is -2.45. The van der Waals surface area contributed by atoms with Crippen LogP contribution in [0.3, 0.4) is 0 Å². The van der Waals surface area contributed by atoms with Gasteiger partial charge in [-0.05, 0) is 53.2 Å². The standard InChI is InChI=1S/C39H60N6O8/c1-24(2)33(43-31(47)12-10-9-11-17-45-32(48)19-29(35(45)50)39(6,7)8)30(46)18-26(20-41-36(40)51)34(49)42-28-15-13-25(14-16-28)23-53-37(52)44-21-27(22-44)38(3,4)5/h13-16,24,26-27,29,33H,9-12,17-23H2,1-8H3,(H,42,49)(H,43,47)(H3,40,41,51)/t26-,29?,33-/m0/s1. The third-order valence-electron chi connectivity index (χ3n) is 10.2. The van der Waals surface area contributed by atoms with Crippen molar-refractivity contribution in [1.82, 2.24) is 20.4 Å². The monoisotopic (exact) mass is 740 g/mol. The summed E-state index contributed by atoms with van der Waals surface area (Å²) in [5.41, 5.74) is 6.28. The zero-order chi connectivity index (χ0) is 39.7. The van der Waals surface area contributed by atoms with Crippen LogP contribution in [0, 0.1) is 34.5 Å². The summed E-state index contributed by atoms with van der Waals surface area (Å²) in [6, 6.07) is 5.04. The number of hydrogen-bond donors (Lipinski definition) is 4. The van der Waals surface area contributed by atoms with E-state index in [1.807, 2.05) is 20.8 Å². The largest absolute Gasteiger partial charge is 0.445 e. The molecule has 294 valence electrons. The summed E-state index contributed by atoms with van der Waals surface area (Å²) in [6.07, 6.45) is 1.45. The number of hydrogen-bond acceptors (Lipinski definition) is 8. The number of urea groups is 1. The Morgan fingerprint density at radius 2 is 1.57 bits per heavy atom. The lowest BCUT2D eigenvalue weighted by Crippen LogP contribution is -2.54. The summed E-state index contributed by atoms with van der Waals surface area (Å²) in [7, 11) is 0. The molecule has 1 unspecified atom stereocenters. The molecule has 0 radical (unpaired) electrons. The topological polar surface area (TPSA) is 197 Å². The van der Waals surface area contributed by atoms with Crippen molar-refractivity contribution in [1.29, 1.82) is 0 Å². The van der Waals surface area contributed by atoms with Crippen LogP contribution in [0.25, 0.3) is 0 Å². The Bertz CT molecular complexity index is 1490. The average molecular weight is 741 g/mol. The quantitative estimate of drug-likeness (QED) is 0.131. The van der Waals surface area contributed by atoms with Gasteiger partial charge in [0.25, 0.3) is 0 Å². The Hall–Kier alpha value is -4.49. The molecule has 0 spiro atoms. The van der Waals surface area contributed by atoms with Crippen molar-refractivity contribution in [3.8, 4) is 0 Å². The van der Waals surface area contributed by atoms with Gasteiger partial charge in [0.2, 0.25) is 23.6 Å². The Morgan fingerprint density at radius 1 is 0.925 bits per heavy atom. The SMILES string of the molecule is CC(C)[C@H](NC(=O)CCCCCN1C(=O)CC(C(C)(C)C)C1=O)C(=O)C[C@@H](CNC(N)=O)C(=O)Nc1ccc(COC(=O)N2CC(C(C)(C)C)C2)cc1. The number of nitrogens with zero attached hydrogens (tertiary/aromatic N) is 2. The Kier molecular flexibility index (Phi) is 15.0. The first-order valence-corrected chi connectivity index (χ1v) is 18.7. The molecule has 3 atom stereocenters. The van der Waals surface area contributed by atoms with E-state index in [0.29, 0.717) is 50.5 Å². The Balaban J connectivity index is 1.48. The number of benzene rings is 1. The highest BCUT2D eigenvalue weighted by Gasteiger charge is 2.44. The van der Waals surface area contributed by atoms with Crippen molar-refractivity contribution in [2.24, 2.45) is 40.2 Å². The second-order valence-corrected chi connectivity index (χ2v) is 16.9. The van der Waals surface area contributed by atoms with Gasteiger partial charge >= 0.3 is 12.1 Å². The molecule has 2 fully saturated rings. The van der Waals surface area contributed by atoms with Gasteiger partial charge in [0.15, 0.2) is 5.78 Å². The number of carbonyl (C=O) groups is 7. The number of nitrogens with one attached hydrogen (secondary N) is 3. The van der Waals surface area contributed by atoms with Crippen LogP contribution in [0.15, 0.2) is 24.3 Å². The second kappa shape index (κ2) is 18.5. The van der Waals surface area contributed by atoms with Crippen molar-refractivity contribution in [2.75, 3.05) is 31.5 Å². The van der Waals surface area contributed by atoms with Gasteiger partial charge in [-0.25, -0.2) is 9.59 Å². The van der Waals surface area contributed by atoms with Crippen LogP contribution in [-0.4, -0.2) is 83.6 Å². The normalized spacial score (nSPS) is 17.6. The number of likely N-dealkylation sites (tertiary alicyclic amines) is 2. The molecule has 2 heterocycles. The van der Waals surface area contributed by atoms with E-state index in [1.165, 1.54) is 4.90 Å². The van der Waals surface area contributed by atoms with Crippen molar-refractivity contribution in [3.05, 3.63) is 29.8 Å². The zero-order valence-electron chi connectivity index (χ0n) is 32.7. The van der Waals surface area contributed by atoms with Crippen LogP contribution in [-0.2, 0) is 35.3 Å². The first-order chi connectivity index (χ1) is 24.7. The minimum Gasteiger partial charge on any atom is -0.445 e. The lowest BCUT2D eigenvalue weighted by atomic mass is 9.76. The van der Waals surface area contributed by atoms with Gasteiger partial charge in [0.05, 0.1) is 17.9 Å². The number of rotatable bonds is 17. The second-order valence-electron chi connectivity index (χ2n) is 16.9. The maximum atomic E-state index is 13.5. The Labute approximate surface area is 313 Å². The molecule has 1 aromatic carbocycles.